The first-order valence-electron chi connectivity index (χ1n) is 1.12. The van der Waals surface area contributed by atoms with Crippen LogP contribution in [-0.2, 0) is 9.09 Å². The van der Waals surface area contributed by atoms with Crippen LogP contribution in [0.5, 0.6) is 0 Å². The molecule has 1 atom stereocenters. The van der Waals surface area contributed by atoms with E-state index in [1.807, 2.05) is 0 Å². The van der Waals surface area contributed by atoms with Gasteiger partial charge in [0.2, 0.25) is 0 Å². The second-order valence-electron chi connectivity index (χ2n) is 0.476. The van der Waals surface area contributed by atoms with Crippen LogP contribution in [-0.4, -0.2) is 10.4 Å². The van der Waals surface area contributed by atoms with Crippen LogP contribution in [0, 0.1) is 0 Å². The van der Waals surface area contributed by atoms with Crippen LogP contribution < -0.4 is 59.1 Å². The average Bonchev–Trinajstić information content (AvgIpc) is 1.35. The molecule has 40 valence electrons. The van der Waals surface area contributed by atoms with Crippen molar-refractivity contribution in [2.24, 2.45) is 0 Å². The summed E-state index contributed by atoms with van der Waals surface area (Å²) in [5.41, 5.74) is 0.110. The Morgan fingerprint density at radius 3 is 2.12 bits per heavy atom. The van der Waals surface area contributed by atoms with Crippen LogP contribution in [0.3, 0.4) is 0 Å². The third-order valence-electron chi connectivity index (χ3n) is 0.159. The Kier molecular flexibility index (Phi) is 25.7. The standard InChI is InChI=1S/CH2BrO3P.2Na.2H/c2-1-5-6(3)4;;;;/h1H2;;;;/q;2*+1;2*-1/p+1. The molecule has 8 heavy (non-hydrogen) atoms. The van der Waals surface area contributed by atoms with Gasteiger partial charge in [0.05, 0.1) is 0 Å². The minimum atomic E-state index is -2.40. The second kappa shape index (κ2) is 12.2. The van der Waals surface area contributed by atoms with E-state index >= 15 is 0 Å². The molecule has 0 amide bonds. The molecule has 0 heterocycles. The fourth-order valence-electron chi connectivity index (χ4n) is 0.0417. The average molecular weight is 222 g/mol. The van der Waals surface area contributed by atoms with E-state index in [-0.39, 0.29) is 67.5 Å². The maximum absolute atomic E-state index is 9.50. The number of halogens is 1. The molecule has 0 spiro atoms. The fraction of sp³-hybridized carbons (Fsp3) is 1.00. The molecule has 1 unspecified atom stereocenters. The topological polar surface area (TPSA) is 46.5 Å². The Labute approximate surface area is 104 Å². The normalized spacial score (nSPS) is 8.50. The molecule has 0 fully saturated rings. The van der Waals surface area contributed by atoms with E-state index < -0.39 is 8.25 Å². The van der Waals surface area contributed by atoms with Gasteiger partial charge in [-0.05, 0) is 0 Å². The molecular formula is CH5BrNa2O3P+. The molecular weight excluding hydrogens is 217 g/mol. The van der Waals surface area contributed by atoms with Crippen LogP contribution in [0.1, 0.15) is 2.85 Å². The zero-order valence-electron chi connectivity index (χ0n) is 6.80. The molecule has 3 nitrogen and oxygen atoms in total. The third kappa shape index (κ3) is 15.8. The summed E-state index contributed by atoms with van der Waals surface area (Å²) in [6.45, 7) is 0. The molecule has 0 aromatic heterocycles. The van der Waals surface area contributed by atoms with Crippen molar-refractivity contribution >= 4 is 24.2 Å². The summed E-state index contributed by atoms with van der Waals surface area (Å²) < 4.78 is 13.5. The van der Waals surface area contributed by atoms with Gasteiger partial charge in [-0.1, -0.05) is 15.9 Å². The molecule has 0 aliphatic carbocycles. The van der Waals surface area contributed by atoms with E-state index in [4.69, 9.17) is 4.89 Å². The van der Waals surface area contributed by atoms with Gasteiger partial charge >= 0.3 is 67.4 Å². The maximum Gasteiger partial charge on any atom is 1.00 e. The van der Waals surface area contributed by atoms with Crippen molar-refractivity contribution in [3.05, 3.63) is 0 Å². The fourth-order valence-corrected chi connectivity index (χ4v) is 0.651. The Morgan fingerprint density at radius 1 is 1.75 bits per heavy atom. The predicted molar refractivity (Wildman–Crippen MR) is 26.9 cm³/mol. The van der Waals surface area contributed by atoms with Crippen LogP contribution in [0.4, 0.5) is 0 Å². The van der Waals surface area contributed by atoms with Crippen LogP contribution in [0.15, 0.2) is 0 Å². The summed E-state index contributed by atoms with van der Waals surface area (Å²) in [5, 5.41) is 0. The van der Waals surface area contributed by atoms with Gasteiger partial charge in [0, 0.05) is 4.57 Å². The van der Waals surface area contributed by atoms with Crippen molar-refractivity contribution in [1.29, 1.82) is 0 Å². The zero-order valence-corrected chi connectivity index (χ0v) is 11.3. The smallest absolute Gasteiger partial charge is 1.00 e. The number of hydrogen-bond acceptors (Lipinski definition) is 2. The summed E-state index contributed by atoms with van der Waals surface area (Å²) in [4.78, 5) is 7.81. The van der Waals surface area contributed by atoms with Crippen molar-refractivity contribution in [2.75, 3.05) is 5.52 Å². The van der Waals surface area contributed by atoms with Crippen molar-refractivity contribution in [1.82, 2.24) is 0 Å². The largest absolute Gasteiger partial charge is 1.00 e. The Hall–Kier alpha value is 2.50. The third-order valence-corrected chi connectivity index (χ3v) is 1.09. The van der Waals surface area contributed by atoms with Gasteiger partial charge in [-0.3, -0.25) is 0 Å². The van der Waals surface area contributed by atoms with E-state index in [9.17, 15) is 4.57 Å². The van der Waals surface area contributed by atoms with Crippen molar-refractivity contribution in [3.8, 4) is 0 Å². The molecule has 0 saturated carbocycles. The van der Waals surface area contributed by atoms with Gasteiger partial charge in [-0.2, -0.15) is 0 Å². The van der Waals surface area contributed by atoms with E-state index in [0.29, 0.717) is 0 Å². The van der Waals surface area contributed by atoms with Gasteiger partial charge < -0.3 is 2.85 Å². The van der Waals surface area contributed by atoms with Crippen molar-refractivity contribution < 1.29 is 76.0 Å². The monoisotopic (exact) mass is 221 g/mol. The maximum atomic E-state index is 9.50. The van der Waals surface area contributed by atoms with Gasteiger partial charge in [-0.25, -0.2) is 0 Å². The zero-order chi connectivity index (χ0) is 4.99. The Bertz CT molecular complexity index is 68.5. The molecule has 0 radical (unpaired) electrons. The molecule has 0 aliphatic heterocycles. The summed E-state index contributed by atoms with van der Waals surface area (Å²) in [6, 6.07) is 0. The van der Waals surface area contributed by atoms with E-state index in [2.05, 4.69) is 20.5 Å². The molecule has 0 aromatic carbocycles. The molecule has 0 aliphatic rings. The number of hydrogen-bond donors (Lipinski definition) is 1. The molecule has 0 bridgehead atoms. The number of alkyl halides is 1. The molecule has 0 aromatic rings. The van der Waals surface area contributed by atoms with Crippen LogP contribution in [0.25, 0.3) is 0 Å². The summed E-state index contributed by atoms with van der Waals surface area (Å²) in [6.07, 6.45) is 0. The van der Waals surface area contributed by atoms with Gasteiger partial charge in [0.15, 0.2) is 5.52 Å². The molecule has 0 rings (SSSR count). The van der Waals surface area contributed by atoms with Gasteiger partial charge in [0.25, 0.3) is 0 Å². The van der Waals surface area contributed by atoms with E-state index in [1.54, 1.807) is 0 Å². The summed E-state index contributed by atoms with van der Waals surface area (Å²) in [5.74, 6) is 0. The number of rotatable bonds is 2. The summed E-state index contributed by atoms with van der Waals surface area (Å²) >= 11 is 2.78. The Balaban J connectivity index is -0.0000000208. The molecule has 1 N–H and O–H groups in total. The van der Waals surface area contributed by atoms with Crippen LogP contribution in [0.2, 0.25) is 0 Å². The summed E-state index contributed by atoms with van der Waals surface area (Å²) in [7, 11) is -2.40. The predicted octanol–water partition coefficient (Wildman–Crippen LogP) is -4.76. The SMILES string of the molecule is O=[P+](O)OCBr.[H-].[H-].[Na+].[Na+]. The van der Waals surface area contributed by atoms with Crippen molar-refractivity contribution in [2.45, 2.75) is 0 Å². The van der Waals surface area contributed by atoms with E-state index in [1.165, 1.54) is 0 Å². The first kappa shape index (κ1) is 16.8. The van der Waals surface area contributed by atoms with E-state index in [0.717, 1.165) is 0 Å². The van der Waals surface area contributed by atoms with Gasteiger partial charge in [-0.15, -0.1) is 9.42 Å². The minimum Gasteiger partial charge on any atom is -1.00 e. The molecule has 0 saturated heterocycles. The minimum absolute atomic E-state index is 0. The second-order valence-corrected chi connectivity index (χ2v) is 1.67. The van der Waals surface area contributed by atoms with Crippen LogP contribution >= 0.6 is 24.2 Å². The first-order chi connectivity index (χ1) is 2.77. The first-order valence-corrected chi connectivity index (χ1v) is 3.37. The quantitative estimate of drug-likeness (QED) is 0.290. The Morgan fingerprint density at radius 2 is 2.12 bits per heavy atom. The molecule has 7 heteroatoms. The van der Waals surface area contributed by atoms with Crippen molar-refractivity contribution in [3.63, 3.8) is 0 Å². The van der Waals surface area contributed by atoms with Gasteiger partial charge in [0.1, 0.15) is 0 Å².